The first kappa shape index (κ1) is 12.2. The summed E-state index contributed by atoms with van der Waals surface area (Å²) in [4.78, 5) is -2.66. The summed E-state index contributed by atoms with van der Waals surface area (Å²) in [7, 11) is 0. The van der Waals surface area contributed by atoms with E-state index in [0.29, 0.717) is 12.8 Å². The molecule has 2 atom stereocenters. The van der Waals surface area contributed by atoms with Crippen molar-refractivity contribution in [3.63, 3.8) is 0 Å². The Morgan fingerprint density at radius 1 is 1.00 bits per heavy atom. The van der Waals surface area contributed by atoms with Crippen molar-refractivity contribution in [3.8, 4) is 11.8 Å². The van der Waals surface area contributed by atoms with Crippen LogP contribution >= 0.6 is 25.3 Å². The van der Waals surface area contributed by atoms with E-state index in [9.17, 15) is 10.2 Å². The van der Waals surface area contributed by atoms with Crippen LogP contribution in [0.2, 0.25) is 0 Å². The Bertz CT molecular complexity index is 181. The quantitative estimate of drug-likeness (QED) is 0.310. The molecule has 0 radical (unpaired) electrons. The highest BCUT2D eigenvalue weighted by Crippen LogP contribution is 2.17. The van der Waals surface area contributed by atoms with E-state index in [-0.39, 0.29) is 0 Å². The van der Waals surface area contributed by atoms with Crippen LogP contribution in [0.1, 0.15) is 26.7 Å². The number of hydrogen-bond donors (Lipinski definition) is 4. The van der Waals surface area contributed by atoms with E-state index in [1.165, 1.54) is 0 Å². The maximum atomic E-state index is 9.33. The third kappa shape index (κ3) is 4.94. The Morgan fingerprint density at radius 3 is 1.42 bits per heavy atom. The Labute approximate surface area is 84.2 Å². The molecule has 0 saturated heterocycles. The zero-order valence-electron chi connectivity index (χ0n) is 7.20. The van der Waals surface area contributed by atoms with Gasteiger partial charge in [-0.2, -0.15) is 0 Å². The summed E-state index contributed by atoms with van der Waals surface area (Å²) < 4.78 is 0. The van der Waals surface area contributed by atoms with E-state index in [1.807, 2.05) is 0 Å². The molecule has 2 unspecified atom stereocenters. The van der Waals surface area contributed by atoms with E-state index in [2.05, 4.69) is 37.1 Å². The van der Waals surface area contributed by atoms with Gasteiger partial charge in [-0.1, -0.05) is 25.7 Å². The lowest BCUT2D eigenvalue weighted by atomic mass is 10.2. The van der Waals surface area contributed by atoms with Crippen LogP contribution in [0, 0.1) is 11.8 Å². The lowest BCUT2D eigenvalue weighted by Gasteiger charge is -2.15. The molecule has 70 valence electrons. The maximum Gasteiger partial charge on any atom is 0.169 e. The van der Waals surface area contributed by atoms with Gasteiger partial charge in [0.2, 0.25) is 0 Å². The summed E-state index contributed by atoms with van der Waals surface area (Å²) in [5.74, 6) is 4.89. The van der Waals surface area contributed by atoms with Gasteiger partial charge in [-0.15, -0.1) is 25.3 Å². The summed E-state index contributed by atoms with van der Waals surface area (Å²) in [6, 6.07) is 0. The summed E-state index contributed by atoms with van der Waals surface area (Å²) >= 11 is 7.75. The highest BCUT2D eigenvalue weighted by Gasteiger charge is 2.18. The molecule has 0 heterocycles. The second-order valence-electron chi connectivity index (χ2n) is 2.59. The molecule has 0 aliphatic heterocycles. The molecule has 0 fully saturated rings. The first-order valence-electron chi connectivity index (χ1n) is 3.77. The van der Waals surface area contributed by atoms with Gasteiger partial charge in [0.25, 0.3) is 0 Å². The lowest BCUT2D eigenvalue weighted by molar-refractivity contribution is 0.184. The monoisotopic (exact) mass is 206 g/mol. The normalized spacial score (nSPS) is 20.2. The van der Waals surface area contributed by atoms with Crippen molar-refractivity contribution < 1.29 is 10.2 Å². The van der Waals surface area contributed by atoms with Gasteiger partial charge >= 0.3 is 0 Å². The molecule has 0 rings (SSSR count). The zero-order valence-corrected chi connectivity index (χ0v) is 8.99. The van der Waals surface area contributed by atoms with Gasteiger partial charge < -0.3 is 10.2 Å². The van der Waals surface area contributed by atoms with E-state index in [1.54, 1.807) is 13.8 Å². The molecule has 0 bridgehead atoms. The fourth-order valence-corrected chi connectivity index (χ4v) is 0.489. The zero-order chi connectivity index (χ0) is 9.83. The minimum Gasteiger partial charge on any atom is -0.369 e. The molecule has 0 saturated carbocycles. The molecule has 2 N–H and O–H groups in total. The largest absolute Gasteiger partial charge is 0.369 e. The van der Waals surface area contributed by atoms with Crippen LogP contribution in [0.3, 0.4) is 0 Å². The third-order valence-corrected chi connectivity index (χ3v) is 2.30. The van der Waals surface area contributed by atoms with Crippen LogP contribution in [-0.2, 0) is 0 Å². The Morgan fingerprint density at radius 2 is 1.25 bits per heavy atom. The smallest absolute Gasteiger partial charge is 0.169 e. The van der Waals surface area contributed by atoms with Crippen LogP contribution in [0.5, 0.6) is 0 Å². The summed E-state index contributed by atoms with van der Waals surface area (Å²) in [5.41, 5.74) is 0. The molecule has 0 aliphatic carbocycles. The fourth-order valence-electron chi connectivity index (χ4n) is 0.377. The molecular weight excluding hydrogens is 192 g/mol. The summed E-state index contributed by atoms with van der Waals surface area (Å²) in [6.07, 6.45) is 0.799. The minimum atomic E-state index is -1.33. The Balaban J connectivity index is 4.39. The second kappa shape index (κ2) is 4.43. The minimum absolute atomic E-state index is 0.399. The van der Waals surface area contributed by atoms with Crippen molar-refractivity contribution in [2.45, 2.75) is 36.6 Å². The van der Waals surface area contributed by atoms with Crippen molar-refractivity contribution in [2.24, 2.45) is 0 Å². The van der Waals surface area contributed by atoms with Crippen molar-refractivity contribution >= 4 is 25.3 Å². The summed E-state index contributed by atoms with van der Waals surface area (Å²) in [5, 5.41) is 18.7. The fraction of sp³-hybridized carbons (Fsp3) is 0.750. The average Bonchev–Trinajstić information content (AvgIpc) is 2.02. The van der Waals surface area contributed by atoms with E-state index < -0.39 is 9.87 Å². The predicted molar refractivity (Wildman–Crippen MR) is 56.2 cm³/mol. The third-order valence-electron chi connectivity index (χ3n) is 1.45. The number of rotatable bonds is 2. The van der Waals surface area contributed by atoms with Gasteiger partial charge in [-0.25, -0.2) is 0 Å². The van der Waals surface area contributed by atoms with Gasteiger partial charge in [-0.05, 0) is 12.8 Å². The van der Waals surface area contributed by atoms with Crippen LogP contribution in [-0.4, -0.2) is 20.1 Å². The van der Waals surface area contributed by atoms with Crippen molar-refractivity contribution in [2.75, 3.05) is 0 Å². The molecule has 2 nitrogen and oxygen atoms in total. The van der Waals surface area contributed by atoms with Crippen molar-refractivity contribution in [1.29, 1.82) is 0 Å². The molecule has 4 heteroatoms. The average molecular weight is 206 g/mol. The highest BCUT2D eigenvalue weighted by atomic mass is 32.1. The topological polar surface area (TPSA) is 40.5 Å². The Kier molecular flexibility index (Phi) is 4.49. The first-order chi connectivity index (χ1) is 5.33. The molecule has 0 aromatic heterocycles. The second-order valence-corrected chi connectivity index (χ2v) is 4.07. The molecule has 0 amide bonds. The lowest BCUT2D eigenvalue weighted by Crippen LogP contribution is -2.21. The van der Waals surface area contributed by atoms with Crippen LogP contribution in [0.15, 0.2) is 0 Å². The molecule has 0 aromatic carbocycles. The van der Waals surface area contributed by atoms with Gasteiger partial charge in [0.15, 0.2) is 9.87 Å². The van der Waals surface area contributed by atoms with Crippen LogP contribution < -0.4 is 0 Å². The van der Waals surface area contributed by atoms with E-state index in [0.717, 1.165) is 0 Å². The maximum absolute atomic E-state index is 9.33. The van der Waals surface area contributed by atoms with Crippen molar-refractivity contribution in [3.05, 3.63) is 0 Å². The molecule has 12 heavy (non-hydrogen) atoms. The van der Waals surface area contributed by atoms with Gasteiger partial charge in [0.05, 0.1) is 0 Å². The van der Waals surface area contributed by atoms with Gasteiger partial charge in [-0.3, -0.25) is 0 Å². The van der Waals surface area contributed by atoms with Crippen molar-refractivity contribution in [1.82, 2.24) is 0 Å². The van der Waals surface area contributed by atoms with Gasteiger partial charge in [0.1, 0.15) is 0 Å². The number of aliphatic hydroxyl groups is 2. The van der Waals surface area contributed by atoms with E-state index in [4.69, 9.17) is 0 Å². The molecular formula is C8H14O2S2. The van der Waals surface area contributed by atoms with Crippen LogP contribution in [0.4, 0.5) is 0 Å². The van der Waals surface area contributed by atoms with Crippen LogP contribution in [0.25, 0.3) is 0 Å². The summed E-state index contributed by atoms with van der Waals surface area (Å²) in [6.45, 7) is 3.51. The Hall–Kier alpha value is 0.180. The molecule has 0 aromatic rings. The standard InChI is InChI=1S/C8H14O2S2/c1-3-7(9,11)5-6-8(10,12)4-2/h9-12H,3-4H2,1-2H3. The molecule has 0 spiro atoms. The SMILES string of the molecule is CCC(O)(S)C#CC(O)(S)CC. The highest BCUT2D eigenvalue weighted by molar-refractivity contribution is 7.82. The number of hydrogen-bond acceptors (Lipinski definition) is 4. The first-order valence-corrected chi connectivity index (χ1v) is 4.66. The van der Waals surface area contributed by atoms with E-state index >= 15 is 0 Å². The van der Waals surface area contributed by atoms with Gasteiger partial charge in [0, 0.05) is 0 Å². The molecule has 0 aliphatic rings. The predicted octanol–water partition coefficient (Wildman–Crippen LogP) is 1.05. The number of thiol groups is 2.